The van der Waals surface area contributed by atoms with Crippen LogP contribution in [0.15, 0.2) is 53.0 Å². The van der Waals surface area contributed by atoms with Gasteiger partial charge in [-0.15, -0.1) is 0 Å². The highest BCUT2D eigenvalue weighted by Crippen LogP contribution is 2.32. The molecule has 2 atom stereocenters. The molecule has 5 heteroatoms. The Kier molecular flexibility index (Phi) is 4.41. The van der Waals surface area contributed by atoms with E-state index in [-0.39, 0.29) is 11.9 Å². The Morgan fingerprint density at radius 3 is 2.70 bits per heavy atom. The Labute approximate surface area is 144 Å². The van der Waals surface area contributed by atoms with Gasteiger partial charge in [0, 0.05) is 16.5 Å². The first-order valence-corrected chi connectivity index (χ1v) is 8.35. The van der Waals surface area contributed by atoms with E-state index in [9.17, 15) is 4.79 Å². The number of nitrogens with one attached hydrogen (secondary N) is 1. The summed E-state index contributed by atoms with van der Waals surface area (Å²) in [5.41, 5.74) is 7.00. The molecule has 0 saturated carbocycles. The molecule has 0 radical (unpaired) electrons. The molecule has 2 aromatic rings. The second kappa shape index (κ2) is 6.34. The number of nitrogens with two attached hydrogens (primary N) is 1. The minimum absolute atomic E-state index is 0.0780. The fraction of sp³-hybridized carbons (Fsp3) is 0.278. The standard InChI is InChI=1S/C18H19BrN2O2/c1-18(20,12-6-8-13(19)9-7-12)17(22)21-15-10-11-23-16-5-3-2-4-14(15)16/h2-9,15H,10-11,20H2,1H3,(H,21,22). The van der Waals surface area contributed by atoms with Crippen molar-refractivity contribution in [3.63, 3.8) is 0 Å². The number of benzene rings is 2. The Morgan fingerprint density at radius 2 is 1.96 bits per heavy atom. The van der Waals surface area contributed by atoms with E-state index in [1.54, 1.807) is 6.92 Å². The lowest BCUT2D eigenvalue weighted by atomic mass is 9.91. The monoisotopic (exact) mass is 374 g/mol. The lowest BCUT2D eigenvalue weighted by molar-refractivity contribution is -0.127. The molecule has 0 aromatic heterocycles. The first-order valence-electron chi connectivity index (χ1n) is 7.56. The Morgan fingerprint density at radius 1 is 1.26 bits per heavy atom. The fourth-order valence-electron chi connectivity index (χ4n) is 2.73. The van der Waals surface area contributed by atoms with E-state index >= 15 is 0 Å². The van der Waals surface area contributed by atoms with Crippen molar-refractivity contribution in [1.29, 1.82) is 0 Å². The summed E-state index contributed by atoms with van der Waals surface area (Å²) in [7, 11) is 0. The van der Waals surface area contributed by atoms with Crippen LogP contribution in [0.1, 0.15) is 30.5 Å². The predicted octanol–water partition coefficient (Wildman–Crippen LogP) is 3.26. The molecule has 1 heterocycles. The zero-order valence-corrected chi connectivity index (χ0v) is 14.5. The minimum Gasteiger partial charge on any atom is -0.493 e. The molecule has 23 heavy (non-hydrogen) atoms. The normalized spacial score (nSPS) is 19.2. The van der Waals surface area contributed by atoms with Crippen molar-refractivity contribution in [2.24, 2.45) is 5.73 Å². The lowest BCUT2D eigenvalue weighted by Gasteiger charge is -2.31. The van der Waals surface area contributed by atoms with Crippen LogP contribution in [-0.4, -0.2) is 12.5 Å². The van der Waals surface area contributed by atoms with Gasteiger partial charge in [0.1, 0.15) is 11.3 Å². The number of carbonyl (C=O) groups excluding carboxylic acids is 1. The van der Waals surface area contributed by atoms with Crippen LogP contribution in [0.25, 0.3) is 0 Å². The third-order valence-corrected chi connectivity index (χ3v) is 4.71. The third-order valence-electron chi connectivity index (χ3n) is 4.18. The molecular weight excluding hydrogens is 356 g/mol. The zero-order valence-electron chi connectivity index (χ0n) is 12.9. The molecular formula is C18H19BrN2O2. The summed E-state index contributed by atoms with van der Waals surface area (Å²) in [6.45, 7) is 2.32. The van der Waals surface area contributed by atoms with E-state index < -0.39 is 5.54 Å². The summed E-state index contributed by atoms with van der Waals surface area (Å²) in [6.07, 6.45) is 0.735. The van der Waals surface area contributed by atoms with Gasteiger partial charge in [0.2, 0.25) is 5.91 Å². The van der Waals surface area contributed by atoms with Gasteiger partial charge >= 0.3 is 0 Å². The number of halogens is 1. The number of ether oxygens (including phenoxy) is 1. The van der Waals surface area contributed by atoms with Gasteiger partial charge in [-0.05, 0) is 30.7 Å². The molecule has 0 aliphatic carbocycles. The van der Waals surface area contributed by atoms with Crippen LogP contribution >= 0.6 is 15.9 Å². The molecule has 0 fully saturated rings. The largest absolute Gasteiger partial charge is 0.493 e. The molecule has 4 nitrogen and oxygen atoms in total. The van der Waals surface area contributed by atoms with Gasteiger partial charge in [-0.2, -0.15) is 0 Å². The highest BCUT2D eigenvalue weighted by Gasteiger charge is 2.33. The number of amides is 1. The maximum Gasteiger partial charge on any atom is 0.244 e. The lowest BCUT2D eigenvalue weighted by Crippen LogP contribution is -2.50. The molecule has 0 spiro atoms. The quantitative estimate of drug-likeness (QED) is 0.866. The molecule has 120 valence electrons. The van der Waals surface area contributed by atoms with E-state index in [1.165, 1.54) is 0 Å². The average Bonchev–Trinajstić information content (AvgIpc) is 2.55. The number of fused-ring (bicyclic) bond motifs is 1. The van der Waals surface area contributed by atoms with E-state index in [4.69, 9.17) is 10.5 Å². The summed E-state index contributed by atoms with van der Waals surface area (Å²) in [6, 6.07) is 15.2. The predicted molar refractivity (Wildman–Crippen MR) is 93.1 cm³/mol. The molecule has 3 N–H and O–H groups in total. The van der Waals surface area contributed by atoms with Crippen LogP contribution in [0.2, 0.25) is 0 Å². The van der Waals surface area contributed by atoms with E-state index in [0.29, 0.717) is 6.61 Å². The Balaban J connectivity index is 1.80. The van der Waals surface area contributed by atoms with Crippen LogP contribution in [0.5, 0.6) is 5.75 Å². The van der Waals surface area contributed by atoms with Gasteiger partial charge in [0.15, 0.2) is 0 Å². The number of rotatable bonds is 3. The maximum atomic E-state index is 12.7. The van der Waals surface area contributed by atoms with Gasteiger partial charge in [0.05, 0.1) is 12.6 Å². The first-order chi connectivity index (χ1) is 11.0. The van der Waals surface area contributed by atoms with Crippen molar-refractivity contribution in [3.8, 4) is 5.75 Å². The minimum atomic E-state index is -1.09. The highest BCUT2D eigenvalue weighted by atomic mass is 79.9. The zero-order chi connectivity index (χ0) is 16.4. The molecule has 2 unspecified atom stereocenters. The van der Waals surface area contributed by atoms with E-state index in [0.717, 1.165) is 27.8 Å². The molecule has 1 aliphatic rings. The molecule has 1 aliphatic heterocycles. The smallest absolute Gasteiger partial charge is 0.244 e. The Bertz CT molecular complexity index is 713. The molecule has 1 amide bonds. The number of hydrogen-bond donors (Lipinski definition) is 2. The van der Waals surface area contributed by atoms with Crippen LogP contribution in [0.4, 0.5) is 0 Å². The number of para-hydroxylation sites is 1. The average molecular weight is 375 g/mol. The number of carbonyl (C=O) groups is 1. The van der Waals surface area contributed by atoms with Crippen molar-refractivity contribution in [1.82, 2.24) is 5.32 Å². The van der Waals surface area contributed by atoms with Gasteiger partial charge in [0.25, 0.3) is 0 Å². The van der Waals surface area contributed by atoms with Gasteiger partial charge < -0.3 is 15.8 Å². The summed E-state index contributed by atoms with van der Waals surface area (Å²) < 4.78 is 6.59. The van der Waals surface area contributed by atoms with E-state index in [1.807, 2.05) is 48.5 Å². The molecule has 0 saturated heterocycles. The van der Waals surface area contributed by atoms with Crippen molar-refractivity contribution >= 4 is 21.8 Å². The van der Waals surface area contributed by atoms with Crippen molar-refractivity contribution in [2.45, 2.75) is 24.9 Å². The molecule has 3 rings (SSSR count). The maximum absolute atomic E-state index is 12.7. The highest BCUT2D eigenvalue weighted by molar-refractivity contribution is 9.10. The molecule has 0 bridgehead atoms. The van der Waals surface area contributed by atoms with Crippen LogP contribution in [-0.2, 0) is 10.3 Å². The SMILES string of the molecule is CC(N)(C(=O)NC1CCOc2ccccc21)c1ccc(Br)cc1. The second-order valence-corrected chi connectivity index (χ2v) is 6.83. The van der Waals surface area contributed by atoms with Gasteiger partial charge in [-0.25, -0.2) is 0 Å². The molecule has 2 aromatic carbocycles. The van der Waals surface area contributed by atoms with Gasteiger partial charge in [-0.1, -0.05) is 46.3 Å². The van der Waals surface area contributed by atoms with E-state index in [2.05, 4.69) is 21.2 Å². The van der Waals surface area contributed by atoms with Crippen LogP contribution in [0.3, 0.4) is 0 Å². The topological polar surface area (TPSA) is 64.4 Å². The van der Waals surface area contributed by atoms with Crippen LogP contribution in [0, 0.1) is 0 Å². The van der Waals surface area contributed by atoms with Crippen molar-refractivity contribution in [3.05, 3.63) is 64.1 Å². The van der Waals surface area contributed by atoms with Gasteiger partial charge in [-0.3, -0.25) is 4.79 Å². The third kappa shape index (κ3) is 3.26. The second-order valence-electron chi connectivity index (χ2n) is 5.91. The fourth-order valence-corrected chi connectivity index (χ4v) is 2.99. The van der Waals surface area contributed by atoms with Crippen LogP contribution < -0.4 is 15.8 Å². The Hall–Kier alpha value is -1.85. The first kappa shape index (κ1) is 16.0. The summed E-state index contributed by atoms with van der Waals surface area (Å²) in [4.78, 5) is 12.7. The van der Waals surface area contributed by atoms with Crippen molar-refractivity contribution < 1.29 is 9.53 Å². The summed E-state index contributed by atoms with van der Waals surface area (Å²) >= 11 is 3.39. The number of hydrogen-bond acceptors (Lipinski definition) is 3. The summed E-state index contributed by atoms with van der Waals surface area (Å²) in [5.74, 6) is 0.632. The van der Waals surface area contributed by atoms with Crippen molar-refractivity contribution in [2.75, 3.05) is 6.61 Å². The summed E-state index contributed by atoms with van der Waals surface area (Å²) in [5, 5.41) is 3.07.